The smallest absolute Gasteiger partial charge is 0.249 e. The summed E-state index contributed by atoms with van der Waals surface area (Å²) in [5.74, 6) is 1.05. The van der Waals surface area contributed by atoms with E-state index in [1.807, 2.05) is 38.1 Å². The Kier molecular flexibility index (Phi) is 4.85. The molecule has 1 aromatic heterocycles. The van der Waals surface area contributed by atoms with E-state index in [2.05, 4.69) is 17.1 Å². The normalized spacial score (nSPS) is 10.4. The zero-order valence-corrected chi connectivity index (χ0v) is 13.3. The van der Waals surface area contributed by atoms with Gasteiger partial charge in [0.1, 0.15) is 10.7 Å². The molecule has 0 unspecified atom stereocenters. The second-order valence-corrected chi connectivity index (χ2v) is 5.39. The van der Waals surface area contributed by atoms with Crippen LogP contribution < -0.4 is 10.5 Å². The van der Waals surface area contributed by atoms with E-state index in [1.165, 1.54) is 5.56 Å². The number of rotatable bonds is 5. The maximum absolute atomic E-state index is 5.80. The topological polar surface area (TPSA) is 61.0 Å². The van der Waals surface area contributed by atoms with Crippen molar-refractivity contribution >= 4 is 17.2 Å². The summed E-state index contributed by atoms with van der Waals surface area (Å²) in [4.78, 5) is 0.267. The van der Waals surface area contributed by atoms with Gasteiger partial charge in [-0.3, -0.25) is 0 Å². The zero-order valence-electron chi connectivity index (χ0n) is 12.5. The van der Waals surface area contributed by atoms with Crippen molar-refractivity contribution in [3.05, 3.63) is 46.6 Å². The van der Waals surface area contributed by atoms with E-state index in [-0.39, 0.29) is 4.99 Å². The van der Waals surface area contributed by atoms with Crippen LogP contribution in [0.1, 0.15) is 35.7 Å². The van der Waals surface area contributed by atoms with E-state index < -0.39 is 0 Å². The number of nitrogens with two attached hydrogens (primary N) is 1. The molecule has 21 heavy (non-hydrogen) atoms. The van der Waals surface area contributed by atoms with Gasteiger partial charge >= 0.3 is 0 Å². The Morgan fingerprint density at radius 1 is 1.19 bits per heavy atom. The number of aryl methyl sites for hydroxylation is 2. The molecule has 0 saturated carbocycles. The fraction of sp³-hybridized carbons (Fsp3) is 0.312. The summed E-state index contributed by atoms with van der Waals surface area (Å²) in [5, 5.41) is 8.15. The van der Waals surface area contributed by atoms with Gasteiger partial charge in [-0.15, -0.1) is 5.10 Å². The Hall–Kier alpha value is -2.01. The molecule has 5 heteroatoms. The first kappa shape index (κ1) is 15.4. The highest BCUT2D eigenvalue weighted by atomic mass is 32.1. The van der Waals surface area contributed by atoms with Crippen LogP contribution >= 0.6 is 12.2 Å². The predicted octanol–water partition coefficient (Wildman–Crippen LogP) is 3.47. The van der Waals surface area contributed by atoms with E-state index in [0.717, 1.165) is 24.1 Å². The number of hydrogen-bond donors (Lipinski definition) is 1. The quantitative estimate of drug-likeness (QED) is 0.857. The summed E-state index contributed by atoms with van der Waals surface area (Å²) < 4.78 is 5.80. The Labute approximate surface area is 130 Å². The number of benzene rings is 1. The number of hydrogen-bond acceptors (Lipinski definition) is 4. The summed E-state index contributed by atoms with van der Waals surface area (Å²) in [5.41, 5.74) is 9.41. The highest BCUT2D eigenvalue weighted by Crippen LogP contribution is 2.26. The SMILES string of the molecule is CCCc1ccc(Oc2nnc(C)c(C)c2C(N)=S)cc1. The van der Waals surface area contributed by atoms with Crippen molar-refractivity contribution in [2.75, 3.05) is 0 Å². The largest absolute Gasteiger partial charge is 0.437 e. The predicted molar refractivity (Wildman–Crippen MR) is 87.9 cm³/mol. The molecular formula is C16H19N3OS. The molecule has 2 aromatic rings. The van der Waals surface area contributed by atoms with Crippen molar-refractivity contribution in [2.45, 2.75) is 33.6 Å². The van der Waals surface area contributed by atoms with Crippen LogP contribution in [0, 0.1) is 13.8 Å². The van der Waals surface area contributed by atoms with Crippen LogP contribution in [0.25, 0.3) is 0 Å². The average Bonchev–Trinajstić information content (AvgIpc) is 2.45. The molecule has 1 aromatic carbocycles. The van der Waals surface area contributed by atoms with E-state index in [9.17, 15) is 0 Å². The number of nitrogens with zero attached hydrogens (tertiary/aromatic N) is 2. The third-order valence-electron chi connectivity index (χ3n) is 3.35. The summed E-state index contributed by atoms with van der Waals surface area (Å²) in [7, 11) is 0. The van der Waals surface area contributed by atoms with Crippen LogP contribution in [0.15, 0.2) is 24.3 Å². The molecule has 0 saturated heterocycles. The maximum Gasteiger partial charge on any atom is 0.249 e. The third kappa shape index (κ3) is 3.55. The van der Waals surface area contributed by atoms with Gasteiger partial charge in [-0.2, -0.15) is 5.10 Å². The molecule has 0 spiro atoms. The van der Waals surface area contributed by atoms with Crippen molar-refractivity contribution in [1.82, 2.24) is 10.2 Å². The Balaban J connectivity index is 2.31. The van der Waals surface area contributed by atoms with Gasteiger partial charge in [0.25, 0.3) is 0 Å². The van der Waals surface area contributed by atoms with E-state index in [0.29, 0.717) is 17.2 Å². The minimum absolute atomic E-state index is 0.267. The molecule has 110 valence electrons. The molecule has 1 heterocycles. The summed E-state index contributed by atoms with van der Waals surface area (Å²) in [6.07, 6.45) is 2.18. The molecule has 0 aliphatic rings. The lowest BCUT2D eigenvalue weighted by atomic mass is 10.1. The molecular weight excluding hydrogens is 282 g/mol. The molecule has 0 radical (unpaired) electrons. The highest BCUT2D eigenvalue weighted by Gasteiger charge is 2.15. The molecule has 4 nitrogen and oxygen atoms in total. The minimum Gasteiger partial charge on any atom is -0.437 e. The summed E-state index contributed by atoms with van der Waals surface area (Å²) >= 11 is 5.10. The van der Waals surface area contributed by atoms with Gasteiger partial charge in [0.2, 0.25) is 5.88 Å². The van der Waals surface area contributed by atoms with Gasteiger partial charge in [0, 0.05) is 0 Å². The Bertz CT molecular complexity index is 653. The molecule has 0 aliphatic carbocycles. The van der Waals surface area contributed by atoms with Gasteiger partial charge in [-0.1, -0.05) is 37.7 Å². The average molecular weight is 301 g/mol. The lowest BCUT2D eigenvalue weighted by Crippen LogP contribution is -2.15. The number of thiocarbonyl (C=S) groups is 1. The van der Waals surface area contributed by atoms with Gasteiger partial charge in [-0.25, -0.2) is 0 Å². The Morgan fingerprint density at radius 3 is 2.43 bits per heavy atom. The highest BCUT2D eigenvalue weighted by molar-refractivity contribution is 7.80. The first-order valence-electron chi connectivity index (χ1n) is 6.93. The monoisotopic (exact) mass is 301 g/mol. The van der Waals surface area contributed by atoms with Gasteiger partial charge in [-0.05, 0) is 43.5 Å². The molecule has 0 bridgehead atoms. The van der Waals surface area contributed by atoms with Crippen molar-refractivity contribution < 1.29 is 4.74 Å². The molecule has 2 rings (SSSR count). The van der Waals surface area contributed by atoms with Crippen molar-refractivity contribution in [2.24, 2.45) is 5.73 Å². The van der Waals surface area contributed by atoms with Gasteiger partial charge in [0.05, 0.1) is 11.3 Å². The maximum atomic E-state index is 5.80. The zero-order chi connectivity index (χ0) is 15.4. The summed E-state index contributed by atoms with van der Waals surface area (Å²) in [6, 6.07) is 7.94. The van der Waals surface area contributed by atoms with Gasteiger partial charge < -0.3 is 10.5 Å². The second kappa shape index (κ2) is 6.63. The third-order valence-corrected chi connectivity index (χ3v) is 3.55. The molecule has 0 amide bonds. The molecule has 0 fully saturated rings. The van der Waals surface area contributed by atoms with Crippen LogP contribution in [0.2, 0.25) is 0 Å². The fourth-order valence-corrected chi connectivity index (χ4v) is 2.31. The fourth-order valence-electron chi connectivity index (χ4n) is 2.07. The molecule has 0 atom stereocenters. The van der Waals surface area contributed by atoms with E-state index in [4.69, 9.17) is 22.7 Å². The number of ether oxygens (including phenoxy) is 1. The van der Waals surface area contributed by atoms with Gasteiger partial charge in [0.15, 0.2) is 0 Å². The van der Waals surface area contributed by atoms with Crippen LogP contribution in [0.4, 0.5) is 0 Å². The second-order valence-electron chi connectivity index (χ2n) is 4.95. The lowest BCUT2D eigenvalue weighted by molar-refractivity contribution is 0.452. The van der Waals surface area contributed by atoms with Crippen LogP contribution in [-0.2, 0) is 6.42 Å². The van der Waals surface area contributed by atoms with Crippen LogP contribution in [0.5, 0.6) is 11.6 Å². The molecule has 2 N–H and O–H groups in total. The first-order chi connectivity index (χ1) is 10.0. The first-order valence-corrected chi connectivity index (χ1v) is 7.34. The van der Waals surface area contributed by atoms with Crippen LogP contribution in [-0.4, -0.2) is 15.2 Å². The van der Waals surface area contributed by atoms with Crippen molar-refractivity contribution in [3.8, 4) is 11.6 Å². The van der Waals surface area contributed by atoms with Crippen molar-refractivity contribution in [1.29, 1.82) is 0 Å². The standard InChI is InChI=1S/C16H19N3OS/c1-4-5-12-6-8-13(9-7-12)20-16-14(15(17)21)10(2)11(3)18-19-16/h6-9H,4-5H2,1-3H3,(H2,17,21). The lowest BCUT2D eigenvalue weighted by Gasteiger charge is -2.12. The minimum atomic E-state index is 0.267. The van der Waals surface area contributed by atoms with E-state index >= 15 is 0 Å². The van der Waals surface area contributed by atoms with Crippen molar-refractivity contribution in [3.63, 3.8) is 0 Å². The molecule has 0 aliphatic heterocycles. The summed E-state index contributed by atoms with van der Waals surface area (Å²) in [6.45, 7) is 5.94. The number of aromatic nitrogens is 2. The van der Waals surface area contributed by atoms with Crippen LogP contribution in [0.3, 0.4) is 0 Å². The van der Waals surface area contributed by atoms with E-state index in [1.54, 1.807) is 0 Å². The Morgan fingerprint density at radius 2 is 1.86 bits per heavy atom.